The molecule has 0 saturated heterocycles. The van der Waals surface area contributed by atoms with Gasteiger partial charge in [0.2, 0.25) is 0 Å². The Kier molecular flexibility index (Phi) is 4.75. The predicted molar refractivity (Wildman–Crippen MR) is 45.6 cm³/mol. The zero-order valence-electron chi connectivity index (χ0n) is 7.40. The average Bonchev–Trinajstić information content (AvgIpc) is 2.03. The van der Waals surface area contributed by atoms with Crippen LogP contribution in [0.25, 0.3) is 0 Å². The SMILES string of the molecule is CCc1ccccc1S(=O)(=O)O.[Zn]. The first kappa shape index (κ1) is 12.8. The largest absolute Gasteiger partial charge is 0.294 e. The summed E-state index contributed by atoms with van der Waals surface area (Å²) < 4.78 is 30.3. The van der Waals surface area contributed by atoms with Crippen molar-refractivity contribution >= 4 is 10.1 Å². The van der Waals surface area contributed by atoms with E-state index in [4.69, 9.17) is 4.55 Å². The molecule has 0 aliphatic carbocycles. The van der Waals surface area contributed by atoms with Crippen LogP contribution in [0.4, 0.5) is 0 Å². The van der Waals surface area contributed by atoms with E-state index in [1.165, 1.54) is 6.07 Å². The van der Waals surface area contributed by atoms with Gasteiger partial charge in [-0.2, -0.15) is 8.42 Å². The smallest absolute Gasteiger partial charge is 0.282 e. The molecule has 0 radical (unpaired) electrons. The third-order valence-electron chi connectivity index (χ3n) is 1.63. The standard InChI is InChI=1S/C8H10O3S.Zn/c1-2-7-5-3-4-6-8(7)12(9,10)11;/h3-6H,2H2,1H3,(H,9,10,11);. The van der Waals surface area contributed by atoms with E-state index in [9.17, 15) is 8.42 Å². The monoisotopic (exact) mass is 250 g/mol. The number of rotatable bonds is 2. The number of hydrogen-bond acceptors (Lipinski definition) is 2. The van der Waals surface area contributed by atoms with Crippen LogP contribution in [0.5, 0.6) is 0 Å². The van der Waals surface area contributed by atoms with E-state index in [2.05, 4.69) is 0 Å². The minimum Gasteiger partial charge on any atom is -0.282 e. The minimum atomic E-state index is -4.05. The Morgan fingerprint density at radius 3 is 2.23 bits per heavy atom. The van der Waals surface area contributed by atoms with Crippen molar-refractivity contribution in [3.8, 4) is 0 Å². The number of hydrogen-bond donors (Lipinski definition) is 1. The van der Waals surface area contributed by atoms with Gasteiger partial charge in [0.05, 0.1) is 4.90 Å². The molecule has 3 nitrogen and oxygen atoms in total. The number of aryl methyl sites for hydroxylation is 1. The molecule has 13 heavy (non-hydrogen) atoms. The van der Waals surface area contributed by atoms with Crippen molar-refractivity contribution in [2.24, 2.45) is 0 Å². The summed E-state index contributed by atoms with van der Waals surface area (Å²) in [5.41, 5.74) is 0.639. The second-order valence-electron chi connectivity index (χ2n) is 2.44. The normalized spacial score (nSPS) is 10.6. The van der Waals surface area contributed by atoms with E-state index in [0.29, 0.717) is 12.0 Å². The molecular formula is C8H10O3SZn. The van der Waals surface area contributed by atoms with Gasteiger partial charge in [-0.25, -0.2) is 0 Å². The molecule has 5 heteroatoms. The van der Waals surface area contributed by atoms with Crippen molar-refractivity contribution in [2.75, 3.05) is 0 Å². The van der Waals surface area contributed by atoms with Gasteiger partial charge in [0, 0.05) is 19.5 Å². The summed E-state index contributed by atoms with van der Waals surface area (Å²) in [6, 6.07) is 6.41. The minimum absolute atomic E-state index is 0. The molecule has 68 valence electrons. The van der Waals surface area contributed by atoms with Gasteiger partial charge in [0.1, 0.15) is 0 Å². The maximum Gasteiger partial charge on any atom is 0.294 e. The molecule has 1 aromatic rings. The fraction of sp³-hybridized carbons (Fsp3) is 0.250. The van der Waals surface area contributed by atoms with Crippen molar-refractivity contribution in [1.29, 1.82) is 0 Å². The van der Waals surface area contributed by atoms with E-state index in [1.54, 1.807) is 18.2 Å². The first-order valence-electron chi connectivity index (χ1n) is 3.61. The Hall–Kier alpha value is -0.247. The zero-order valence-corrected chi connectivity index (χ0v) is 11.2. The number of benzene rings is 1. The Labute approximate surface area is 90.7 Å². The molecule has 0 bridgehead atoms. The molecule has 0 heterocycles. The van der Waals surface area contributed by atoms with Crippen molar-refractivity contribution in [1.82, 2.24) is 0 Å². The molecule has 1 rings (SSSR count). The third-order valence-corrected chi connectivity index (χ3v) is 2.59. The van der Waals surface area contributed by atoms with Gasteiger partial charge < -0.3 is 0 Å². The van der Waals surface area contributed by atoms with Gasteiger partial charge >= 0.3 is 0 Å². The Balaban J connectivity index is 0.00000144. The molecule has 0 spiro atoms. The van der Waals surface area contributed by atoms with E-state index in [1.807, 2.05) is 6.92 Å². The van der Waals surface area contributed by atoms with Crippen molar-refractivity contribution < 1.29 is 32.4 Å². The van der Waals surface area contributed by atoms with Gasteiger partial charge in [-0.15, -0.1) is 0 Å². The summed E-state index contributed by atoms with van der Waals surface area (Å²) in [5.74, 6) is 0. The van der Waals surface area contributed by atoms with Gasteiger partial charge in [-0.05, 0) is 18.1 Å². The zero-order chi connectivity index (χ0) is 9.19. The molecule has 0 fully saturated rings. The first-order valence-corrected chi connectivity index (χ1v) is 5.05. The summed E-state index contributed by atoms with van der Waals surface area (Å²) in [7, 11) is -4.05. The predicted octanol–water partition coefficient (Wildman–Crippen LogP) is 1.49. The molecule has 0 aliphatic rings. The molecule has 0 aromatic heterocycles. The Morgan fingerprint density at radius 1 is 1.31 bits per heavy atom. The Bertz CT molecular complexity index is 373. The van der Waals surface area contributed by atoms with E-state index >= 15 is 0 Å². The summed E-state index contributed by atoms with van der Waals surface area (Å²) in [6.45, 7) is 1.84. The van der Waals surface area contributed by atoms with Crippen LogP contribution in [-0.4, -0.2) is 13.0 Å². The van der Waals surface area contributed by atoms with Gasteiger partial charge in [-0.3, -0.25) is 4.55 Å². The summed E-state index contributed by atoms with van der Waals surface area (Å²) in [5, 5.41) is 0. The summed E-state index contributed by atoms with van der Waals surface area (Å²) >= 11 is 0. The van der Waals surface area contributed by atoms with E-state index < -0.39 is 10.1 Å². The first-order chi connectivity index (χ1) is 5.55. The van der Waals surface area contributed by atoms with E-state index in [-0.39, 0.29) is 24.4 Å². The summed E-state index contributed by atoms with van der Waals surface area (Å²) in [4.78, 5) is 0.00694. The van der Waals surface area contributed by atoms with Crippen LogP contribution in [0, 0.1) is 0 Å². The molecule has 0 atom stereocenters. The van der Waals surface area contributed by atoms with Crippen LogP contribution < -0.4 is 0 Å². The van der Waals surface area contributed by atoms with Gasteiger partial charge in [0.15, 0.2) is 0 Å². The second-order valence-corrected chi connectivity index (χ2v) is 3.83. The molecule has 0 unspecified atom stereocenters. The van der Waals surface area contributed by atoms with Gasteiger partial charge in [-0.1, -0.05) is 25.1 Å². The topological polar surface area (TPSA) is 54.4 Å². The molecule has 1 aromatic carbocycles. The second kappa shape index (κ2) is 4.84. The quantitative estimate of drug-likeness (QED) is 0.640. The van der Waals surface area contributed by atoms with Crippen LogP contribution in [0.15, 0.2) is 29.2 Å². The molecule has 0 aliphatic heterocycles. The van der Waals surface area contributed by atoms with Crippen molar-refractivity contribution in [3.05, 3.63) is 29.8 Å². The van der Waals surface area contributed by atoms with Crippen molar-refractivity contribution in [3.63, 3.8) is 0 Å². The van der Waals surface area contributed by atoms with Crippen LogP contribution in [0.1, 0.15) is 12.5 Å². The molecule has 0 amide bonds. The van der Waals surface area contributed by atoms with Crippen LogP contribution in [0.2, 0.25) is 0 Å². The maximum atomic E-state index is 10.8. The molecule has 1 N–H and O–H groups in total. The van der Waals surface area contributed by atoms with Gasteiger partial charge in [0.25, 0.3) is 10.1 Å². The van der Waals surface area contributed by atoms with Crippen LogP contribution in [-0.2, 0) is 36.0 Å². The summed E-state index contributed by atoms with van der Waals surface area (Å²) in [6.07, 6.45) is 0.593. The maximum absolute atomic E-state index is 10.8. The molecule has 0 saturated carbocycles. The Morgan fingerprint density at radius 2 is 1.85 bits per heavy atom. The average molecular weight is 252 g/mol. The molecular weight excluding hydrogens is 242 g/mol. The fourth-order valence-corrected chi connectivity index (χ4v) is 1.84. The van der Waals surface area contributed by atoms with E-state index in [0.717, 1.165) is 0 Å². The third kappa shape index (κ3) is 3.18. The van der Waals surface area contributed by atoms with Crippen LogP contribution >= 0.6 is 0 Å². The van der Waals surface area contributed by atoms with Crippen LogP contribution in [0.3, 0.4) is 0 Å². The van der Waals surface area contributed by atoms with Crippen molar-refractivity contribution in [2.45, 2.75) is 18.2 Å². The fourth-order valence-electron chi connectivity index (χ4n) is 1.05.